The van der Waals surface area contributed by atoms with Crippen molar-refractivity contribution in [3.8, 4) is 0 Å². The van der Waals surface area contributed by atoms with Gasteiger partial charge < -0.3 is 51.0 Å². The van der Waals surface area contributed by atoms with Crippen LogP contribution in [0.25, 0.3) is 0 Å². The zero-order valence-corrected chi connectivity index (χ0v) is 53.0. The molecule has 318 valence electrons. The van der Waals surface area contributed by atoms with Crippen LogP contribution in [0, 0.1) is 135 Å². The summed E-state index contributed by atoms with van der Waals surface area (Å²) in [6, 6.07) is 0. The first kappa shape index (κ1) is 72.0. The van der Waals surface area contributed by atoms with Crippen LogP contribution >= 0.6 is 26.0 Å². The monoisotopic (exact) mass is 1500 g/mol. The van der Waals surface area contributed by atoms with Crippen LogP contribution in [0.1, 0.15) is 66.7 Å². The predicted octanol–water partition coefficient (Wildman–Crippen LogP) is 6.40. The van der Waals surface area contributed by atoms with Gasteiger partial charge in [-0.05, 0) is 80.2 Å². The van der Waals surface area contributed by atoms with Gasteiger partial charge in [0.1, 0.15) is 13.1 Å². The normalized spacial score (nSPS) is 15.4. The maximum absolute atomic E-state index is 3.77. The molecule has 4 rings (SSSR count). The fraction of sp³-hybridized carbons (Fsp3) is 0.732. The largest absolute Gasteiger partial charge is 2.00 e. The summed E-state index contributed by atoms with van der Waals surface area (Å²) in [4.78, 5) is 6.82. The van der Waals surface area contributed by atoms with Gasteiger partial charge in [-0.15, -0.1) is 6.58 Å². The predicted molar refractivity (Wildman–Crippen MR) is 253 cm³/mol. The molecule has 4 heterocycles. The van der Waals surface area contributed by atoms with Gasteiger partial charge in [-0.25, -0.2) is 4.67 Å². The van der Waals surface area contributed by atoms with Crippen LogP contribution in [0.3, 0.4) is 0 Å². The first-order valence-corrected chi connectivity index (χ1v) is 25.2. The van der Waals surface area contributed by atoms with Gasteiger partial charge in [-0.2, -0.15) is 4.67 Å². The zero-order valence-electron chi connectivity index (χ0n) is 37.1. The van der Waals surface area contributed by atoms with Crippen molar-refractivity contribution in [1.82, 2.24) is 24.0 Å². The van der Waals surface area contributed by atoms with Crippen molar-refractivity contribution in [1.29, 1.82) is 0 Å². The van der Waals surface area contributed by atoms with Crippen LogP contribution in [0.2, 0.25) is 0 Å². The molecule has 0 bridgehead atoms. The maximum atomic E-state index is 3.77. The standard InChI is InChI=1S/C10H19N2.C9H17N2.C6H13N2.2C5H12NP.C3H6.C2H7P.CH4.3U/c1-10(11-6-2-3-7-11)12-8-4-5-9-12;1-5-10(6-2)9-11(7-3)8-4;1-6-7(2)4-5-8(6)3;1-7-6-4-2-3-5-6;1-4-6(5-2)7-3;2*1-3-2;;;;/h2-9H2,1H3;9H,1-8H2;4-5H2,1-3H3;7H,2-5H2,1H3;7H,1-2,4-5H2,3H3;3H,1H2,2H3;3H,1-2H3;1H4;;;/q+1;-3;+1;;-2;;;;3*+2/p+3. The molecule has 4 aliphatic rings. The molecule has 0 aromatic heterocycles. The molecule has 2 atom stereocenters. The Hall–Kier alpha value is 2.52. The number of hydrogen-bond donors (Lipinski definition) is 0. The summed E-state index contributed by atoms with van der Waals surface area (Å²) in [5.41, 5.74) is 0. The molecule has 0 N–H and O–H groups in total. The summed E-state index contributed by atoms with van der Waals surface area (Å²) in [6.07, 6.45) is 12.2. The molecule has 4 aliphatic heterocycles. The summed E-state index contributed by atoms with van der Waals surface area (Å²) in [6.45, 7) is 56.2. The first-order chi connectivity index (χ1) is 24.5. The van der Waals surface area contributed by atoms with E-state index >= 15 is 0 Å². The Bertz CT molecular complexity index is 871. The number of likely N-dealkylation sites (N-methyl/N-ethyl adjacent to an activating group) is 2. The van der Waals surface area contributed by atoms with Gasteiger partial charge in [0.15, 0.2) is 0 Å². The fourth-order valence-corrected chi connectivity index (χ4v) is 6.65. The van der Waals surface area contributed by atoms with Crippen molar-refractivity contribution in [3.63, 3.8) is 0 Å². The zero-order chi connectivity index (χ0) is 39.5. The third kappa shape index (κ3) is 40.4. The second-order valence-corrected chi connectivity index (χ2v) is 16.4. The Morgan fingerprint density at radius 1 is 0.782 bits per heavy atom. The molecule has 8 nitrogen and oxygen atoms in total. The Labute approximate surface area is 423 Å². The topological polar surface area (TPSA) is 25.2 Å². The average Bonchev–Trinajstić information content (AvgIpc) is 4.00. The van der Waals surface area contributed by atoms with Gasteiger partial charge in [0.05, 0.1) is 62.3 Å². The van der Waals surface area contributed by atoms with E-state index in [1.807, 2.05) is 22.7 Å². The quantitative estimate of drug-likeness (QED) is 0.0666. The Morgan fingerprint density at radius 2 is 1.20 bits per heavy atom. The van der Waals surface area contributed by atoms with Gasteiger partial charge in [0.25, 0.3) is 0 Å². The summed E-state index contributed by atoms with van der Waals surface area (Å²) < 4.78 is 11.6. The van der Waals surface area contributed by atoms with E-state index in [1.165, 1.54) is 103 Å². The van der Waals surface area contributed by atoms with Crippen LogP contribution in [0.5, 0.6) is 0 Å². The van der Waals surface area contributed by atoms with Crippen LogP contribution in [0.4, 0.5) is 0 Å². The van der Waals surface area contributed by atoms with Crippen molar-refractivity contribution in [2.45, 2.75) is 66.7 Å². The molecule has 0 aromatic carbocycles. The molecule has 0 aromatic rings. The smallest absolute Gasteiger partial charge is 0.327 e. The van der Waals surface area contributed by atoms with Gasteiger partial charge >= 0.3 is 93.3 Å². The van der Waals surface area contributed by atoms with E-state index in [0.29, 0.717) is 17.5 Å². The van der Waals surface area contributed by atoms with E-state index in [0.717, 1.165) is 47.8 Å². The number of nitrogens with zero attached hydrogens (tertiary/aromatic N) is 8. The molecule has 0 saturated carbocycles. The summed E-state index contributed by atoms with van der Waals surface area (Å²) in [5.74, 6) is 2.91. The van der Waals surface area contributed by atoms with Crippen LogP contribution < -0.4 is 0 Å². The van der Waals surface area contributed by atoms with Gasteiger partial charge in [0, 0.05) is 49.0 Å². The molecule has 2 unspecified atom stereocenters. The van der Waals surface area contributed by atoms with Crippen molar-refractivity contribution in [2.75, 3.05) is 132 Å². The second-order valence-electron chi connectivity index (χ2n) is 12.8. The van der Waals surface area contributed by atoms with Crippen LogP contribution in [-0.2, 0) is 0 Å². The van der Waals surface area contributed by atoms with Gasteiger partial charge in [-0.3, -0.25) is 19.0 Å². The number of hydrogen-bond acceptors (Lipinski definition) is 3. The molecule has 3 saturated heterocycles. The Balaban J connectivity index is -0.000000101. The van der Waals surface area contributed by atoms with Crippen molar-refractivity contribution in [3.05, 3.63) is 54.2 Å². The third-order valence-corrected chi connectivity index (χ3v) is 11.4. The van der Waals surface area contributed by atoms with E-state index < -0.39 is 0 Å². The van der Waals surface area contributed by atoms with E-state index in [-0.39, 0.29) is 101 Å². The van der Waals surface area contributed by atoms with Gasteiger partial charge in [-0.1, -0.05) is 26.6 Å². The SMILES string of the molecule is C.C=CC.CC(N1CCCC1)=[N+]1CCCC1.CC1=[N+](C)CCN1C.C[PH2+]C.C[PH2+]N1CCCC1.[CH2-]CN(C=[N+](C[CH2-])C[CH2-])C[CH2-].[CH2-]CN(C[CH2-])[PH2+]C.[U+2].[U+2].[U+2]. The molecule has 14 heteroatoms. The molecule has 0 spiro atoms. The molecule has 55 heavy (non-hydrogen) atoms. The number of rotatable bonds is 9. The Morgan fingerprint density at radius 3 is 1.44 bits per heavy atom. The van der Waals surface area contributed by atoms with Crippen LogP contribution in [0.15, 0.2) is 12.7 Å². The van der Waals surface area contributed by atoms with Crippen molar-refractivity contribution in [2.24, 2.45) is 0 Å². The minimum atomic E-state index is 0. The number of allylic oxidation sites excluding steroid dienone is 1. The molecular weight excluding hydrogens is 1410 g/mol. The van der Waals surface area contributed by atoms with Gasteiger partial charge in [0.2, 0.25) is 18.0 Å². The summed E-state index contributed by atoms with van der Waals surface area (Å²) in [7, 11) is 6.08. The molecule has 0 amide bonds. The van der Waals surface area contributed by atoms with E-state index in [4.69, 9.17) is 0 Å². The third-order valence-electron chi connectivity index (χ3n) is 8.92. The number of likely N-dealkylation sites (tertiary alicyclic amines) is 1. The van der Waals surface area contributed by atoms with Crippen molar-refractivity contribution < 1.29 is 107 Å². The summed E-state index contributed by atoms with van der Waals surface area (Å²) in [5, 5.41) is 0. The first-order valence-electron chi connectivity index (χ1n) is 19.5. The molecule has 0 radical (unpaired) electrons. The fourth-order valence-electron chi connectivity index (χ4n) is 5.25. The van der Waals surface area contributed by atoms with E-state index in [9.17, 15) is 0 Å². The minimum Gasteiger partial charge on any atom is -0.327 e. The minimum absolute atomic E-state index is 0. The van der Waals surface area contributed by atoms with E-state index in [1.54, 1.807) is 6.08 Å². The van der Waals surface area contributed by atoms with E-state index in [2.05, 4.69) is 131 Å². The molecular formula is C41H93N8P3U3+6. The molecule has 3 fully saturated rings. The maximum Gasteiger partial charge on any atom is 2.00 e. The molecule has 0 aliphatic carbocycles. The van der Waals surface area contributed by atoms with Crippen LogP contribution in [-0.4, -0.2) is 188 Å². The Kier molecular flexibility index (Phi) is 68.9. The van der Waals surface area contributed by atoms with Crippen molar-refractivity contribution >= 4 is 44.1 Å². The summed E-state index contributed by atoms with van der Waals surface area (Å²) >= 11 is 0. The average molecular weight is 1510 g/mol. The number of amidine groups is 2. The second kappa shape index (κ2) is 52.7.